The van der Waals surface area contributed by atoms with E-state index >= 15 is 0 Å². The van der Waals surface area contributed by atoms with Crippen LogP contribution in [0.1, 0.15) is 31.7 Å². The van der Waals surface area contributed by atoms with Crippen LogP contribution in [0.4, 0.5) is 5.69 Å². The highest BCUT2D eigenvalue weighted by Gasteiger charge is 2.17. The summed E-state index contributed by atoms with van der Waals surface area (Å²) < 4.78 is 0.944. The van der Waals surface area contributed by atoms with Crippen LogP contribution in [0.2, 0.25) is 0 Å². The molecular weight excluding hydrogens is 483 g/mol. The first-order valence-electron chi connectivity index (χ1n) is 8.06. The number of hydrogen-bond acceptors (Lipinski definition) is 2. The maximum atomic E-state index is 12.0. The van der Waals surface area contributed by atoms with Crippen LogP contribution in [-0.4, -0.2) is 36.4 Å². The molecule has 7 heteroatoms. The summed E-state index contributed by atoms with van der Waals surface area (Å²) in [5.74, 6) is 1.16. The Bertz CT molecular complexity index is 594. The molecule has 1 heterocycles. The summed E-state index contributed by atoms with van der Waals surface area (Å²) in [6, 6.07) is 5.82. The number of piperidine rings is 1. The zero-order valence-electron chi connectivity index (χ0n) is 14.2. The molecule has 24 heavy (non-hydrogen) atoms. The average molecular weight is 509 g/mol. The van der Waals surface area contributed by atoms with E-state index in [4.69, 9.17) is 5.73 Å². The number of carbonyl (C=O) groups is 1. The van der Waals surface area contributed by atoms with Crippen LogP contribution in [0.25, 0.3) is 0 Å². The Kier molecular flexibility index (Phi) is 9.04. The predicted octanol–water partition coefficient (Wildman–Crippen LogP) is 3.75. The number of anilines is 1. The first-order chi connectivity index (χ1) is 11.0. The highest BCUT2D eigenvalue weighted by atomic mass is 127. The van der Waals surface area contributed by atoms with Crippen LogP contribution in [0.5, 0.6) is 0 Å². The largest absolute Gasteiger partial charge is 0.370 e. The molecule has 3 N–H and O–H groups in total. The van der Waals surface area contributed by atoms with Crippen molar-refractivity contribution in [1.29, 1.82) is 0 Å². The van der Waals surface area contributed by atoms with Crippen molar-refractivity contribution in [2.75, 3.05) is 25.0 Å². The van der Waals surface area contributed by atoms with Gasteiger partial charge >= 0.3 is 0 Å². The molecular formula is C17H26BrIN4O. The van der Waals surface area contributed by atoms with Crippen LogP contribution >= 0.6 is 39.9 Å². The zero-order chi connectivity index (χ0) is 16.8. The molecule has 1 aromatic carbocycles. The number of hydrogen-bond donors (Lipinski definition) is 2. The van der Waals surface area contributed by atoms with Crippen molar-refractivity contribution in [3.8, 4) is 0 Å². The number of benzene rings is 1. The normalized spacial score (nSPS) is 18.0. The van der Waals surface area contributed by atoms with Gasteiger partial charge in [0.1, 0.15) is 0 Å². The minimum atomic E-state index is -0.0465. The predicted molar refractivity (Wildman–Crippen MR) is 114 cm³/mol. The quantitative estimate of drug-likeness (QED) is 0.369. The van der Waals surface area contributed by atoms with Gasteiger partial charge in [0.15, 0.2) is 5.96 Å². The Morgan fingerprint density at radius 3 is 2.96 bits per heavy atom. The van der Waals surface area contributed by atoms with Crippen LogP contribution in [0.15, 0.2) is 27.7 Å². The fourth-order valence-electron chi connectivity index (χ4n) is 2.71. The number of nitrogens with zero attached hydrogens (tertiary/aromatic N) is 2. The second kappa shape index (κ2) is 10.2. The molecule has 134 valence electrons. The molecule has 1 aliphatic rings. The van der Waals surface area contributed by atoms with Gasteiger partial charge < -0.3 is 16.0 Å². The lowest BCUT2D eigenvalue weighted by Gasteiger charge is -2.31. The summed E-state index contributed by atoms with van der Waals surface area (Å²) in [6.07, 6.45) is 2.73. The van der Waals surface area contributed by atoms with Gasteiger partial charge in [0.05, 0.1) is 6.54 Å². The van der Waals surface area contributed by atoms with E-state index in [0.717, 1.165) is 35.2 Å². The highest BCUT2D eigenvalue weighted by Crippen LogP contribution is 2.20. The van der Waals surface area contributed by atoms with Gasteiger partial charge in [-0.25, -0.2) is 0 Å². The molecule has 1 aliphatic heterocycles. The standard InChI is InChI=1S/C17H25BrN4O.HI/c1-12-4-3-9-22(11-12)17(19)20-8-7-16(23)21-15-10-14(18)6-5-13(15)2;/h5-6,10,12H,3-4,7-9,11H2,1-2H3,(H2,19,20)(H,21,23);1H. The van der Waals surface area contributed by atoms with Crippen molar-refractivity contribution in [1.82, 2.24) is 4.90 Å². The Morgan fingerprint density at radius 2 is 2.25 bits per heavy atom. The number of aliphatic imine (C=N–C) groups is 1. The van der Waals surface area contributed by atoms with Gasteiger partial charge in [-0.1, -0.05) is 28.9 Å². The van der Waals surface area contributed by atoms with Crippen LogP contribution < -0.4 is 11.1 Å². The zero-order valence-corrected chi connectivity index (χ0v) is 18.1. The minimum absolute atomic E-state index is 0. The topological polar surface area (TPSA) is 70.7 Å². The van der Waals surface area contributed by atoms with Gasteiger partial charge in [-0.3, -0.25) is 9.79 Å². The Hall–Kier alpha value is -0.830. The maximum absolute atomic E-state index is 12.0. The number of nitrogens with one attached hydrogen (secondary N) is 1. The molecule has 1 saturated heterocycles. The van der Waals surface area contributed by atoms with E-state index < -0.39 is 0 Å². The first kappa shape index (κ1) is 21.2. The van der Waals surface area contributed by atoms with Gasteiger partial charge in [-0.2, -0.15) is 0 Å². The molecule has 5 nitrogen and oxygen atoms in total. The molecule has 0 bridgehead atoms. The minimum Gasteiger partial charge on any atom is -0.370 e. The average Bonchev–Trinajstić information content (AvgIpc) is 2.51. The van der Waals surface area contributed by atoms with Crippen molar-refractivity contribution in [3.63, 3.8) is 0 Å². The van der Waals surface area contributed by atoms with Gasteiger partial charge in [0.25, 0.3) is 0 Å². The SMILES string of the molecule is Cc1ccc(Br)cc1NC(=O)CCN=C(N)N1CCCC(C)C1.I. The third kappa shape index (κ3) is 6.58. The van der Waals surface area contributed by atoms with E-state index in [2.05, 4.69) is 38.1 Å². The monoisotopic (exact) mass is 508 g/mol. The molecule has 0 saturated carbocycles. The lowest BCUT2D eigenvalue weighted by Crippen LogP contribution is -2.43. The van der Waals surface area contributed by atoms with E-state index in [9.17, 15) is 4.79 Å². The van der Waals surface area contributed by atoms with E-state index in [-0.39, 0.29) is 29.9 Å². The molecule has 0 radical (unpaired) electrons. The van der Waals surface area contributed by atoms with Crippen LogP contribution in [-0.2, 0) is 4.79 Å². The van der Waals surface area contributed by atoms with Crippen molar-refractivity contribution in [2.45, 2.75) is 33.1 Å². The summed E-state index contributed by atoms with van der Waals surface area (Å²) in [7, 11) is 0. The molecule has 1 unspecified atom stereocenters. The summed E-state index contributed by atoms with van der Waals surface area (Å²) in [5.41, 5.74) is 7.89. The number of rotatable bonds is 4. The number of aryl methyl sites for hydroxylation is 1. The van der Waals surface area contributed by atoms with Crippen LogP contribution in [0, 0.1) is 12.8 Å². The van der Waals surface area contributed by atoms with Gasteiger partial charge in [-0.15, -0.1) is 24.0 Å². The third-order valence-electron chi connectivity index (χ3n) is 4.07. The smallest absolute Gasteiger partial charge is 0.226 e. The lowest BCUT2D eigenvalue weighted by atomic mass is 10.0. The molecule has 1 amide bonds. The Balaban J connectivity index is 0.00000288. The molecule has 1 aromatic rings. The molecule has 2 rings (SSSR count). The van der Waals surface area contributed by atoms with Crippen molar-refractivity contribution in [3.05, 3.63) is 28.2 Å². The number of amides is 1. The van der Waals surface area contributed by atoms with Gasteiger partial charge in [-0.05, 0) is 43.4 Å². The van der Waals surface area contributed by atoms with Gasteiger partial charge in [0.2, 0.25) is 5.91 Å². The maximum Gasteiger partial charge on any atom is 0.226 e. The molecule has 1 fully saturated rings. The highest BCUT2D eigenvalue weighted by molar-refractivity contribution is 14.0. The fraction of sp³-hybridized carbons (Fsp3) is 0.529. The van der Waals surface area contributed by atoms with E-state index in [1.54, 1.807) is 0 Å². The summed E-state index contributed by atoms with van der Waals surface area (Å²) in [5, 5.41) is 2.92. The number of likely N-dealkylation sites (tertiary alicyclic amines) is 1. The van der Waals surface area contributed by atoms with E-state index in [0.29, 0.717) is 24.8 Å². The molecule has 0 aliphatic carbocycles. The van der Waals surface area contributed by atoms with Crippen molar-refractivity contribution < 1.29 is 4.79 Å². The summed E-state index contributed by atoms with van der Waals surface area (Å²) in [6.45, 7) is 6.53. The van der Waals surface area contributed by atoms with Gasteiger partial charge in [0, 0.05) is 29.7 Å². The second-order valence-electron chi connectivity index (χ2n) is 6.19. The number of carbonyl (C=O) groups excluding carboxylic acids is 1. The number of halogens is 2. The third-order valence-corrected chi connectivity index (χ3v) is 4.56. The van der Waals surface area contributed by atoms with E-state index in [1.807, 2.05) is 25.1 Å². The molecule has 1 atom stereocenters. The van der Waals surface area contributed by atoms with Crippen molar-refractivity contribution >= 4 is 57.5 Å². The lowest BCUT2D eigenvalue weighted by molar-refractivity contribution is -0.116. The summed E-state index contributed by atoms with van der Waals surface area (Å²) in [4.78, 5) is 18.5. The Labute approximate surface area is 169 Å². The molecule has 0 aromatic heterocycles. The van der Waals surface area contributed by atoms with Crippen molar-refractivity contribution in [2.24, 2.45) is 16.6 Å². The molecule has 0 spiro atoms. The first-order valence-corrected chi connectivity index (χ1v) is 8.86. The second-order valence-corrected chi connectivity index (χ2v) is 7.11. The van der Waals surface area contributed by atoms with E-state index in [1.165, 1.54) is 6.42 Å². The summed E-state index contributed by atoms with van der Waals surface area (Å²) >= 11 is 3.41. The fourth-order valence-corrected chi connectivity index (χ4v) is 3.07. The number of nitrogens with two attached hydrogens (primary N) is 1. The van der Waals surface area contributed by atoms with Crippen LogP contribution in [0.3, 0.4) is 0 Å². The number of guanidine groups is 1. The Morgan fingerprint density at radius 1 is 1.50 bits per heavy atom.